The number of benzene rings is 1. The molecule has 12 heteroatoms. The molecule has 0 saturated carbocycles. The first-order valence-electron chi connectivity index (χ1n) is 10.8. The molecule has 0 radical (unpaired) electrons. The molecule has 3 heterocycles. The summed E-state index contributed by atoms with van der Waals surface area (Å²) >= 11 is 0. The van der Waals surface area contributed by atoms with Gasteiger partial charge in [-0.25, -0.2) is 15.0 Å². The van der Waals surface area contributed by atoms with Crippen LogP contribution in [-0.2, 0) is 16.0 Å². The number of nitrogens with zero attached hydrogens (tertiary/aromatic N) is 5. The molecule has 182 valence electrons. The number of aliphatic hydroxyl groups is 2. The van der Waals surface area contributed by atoms with Crippen LogP contribution in [0.25, 0.3) is 11.2 Å². The number of amides is 1. The van der Waals surface area contributed by atoms with Crippen LogP contribution < -0.4 is 20.7 Å². The van der Waals surface area contributed by atoms with E-state index in [1.807, 2.05) is 26.2 Å². The van der Waals surface area contributed by atoms with E-state index in [2.05, 4.69) is 20.3 Å². The van der Waals surface area contributed by atoms with Crippen LogP contribution in [0.5, 0.6) is 5.75 Å². The smallest absolute Gasteiger partial charge is 0.237 e. The molecular weight excluding hydrogens is 442 g/mol. The zero-order valence-corrected chi connectivity index (χ0v) is 19.2. The van der Waals surface area contributed by atoms with Crippen molar-refractivity contribution in [2.75, 3.05) is 32.7 Å². The van der Waals surface area contributed by atoms with Gasteiger partial charge in [0.05, 0.1) is 32.1 Å². The number of carbonyl (C=O) groups excluding carboxylic acids is 1. The molecule has 5 atom stereocenters. The lowest BCUT2D eigenvalue weighted by molar-refractivity contribution is -0.124. The predicted octanol–water partition coefficient (Wildman–Crippen LogP) is -0.794. The third kappa shape index (κ3) is 4.53. The molecule has 1 unspecified atom stereocenters. The van der Waals surface area contributed by atoms with E-state index in [0.29, 0.717) is 29.2 Å². The Kier molecular flexibility index (Phi) is 6.93. The van der Waals surface area contributed by atoms with Crippen molar-refractivity contribution in [3.63, 3.8) is 0 Å². The molecule has 1 saturated heterocycles. The fraction of sp³-hybridized carbons (Fsp3) is 0.455. The van der Waals surface area contributed by atoms with Gasteiger partial charge in [-0.05, 0) is 24.1 Å². The number of nitrogens with one attached hydrogen (secondary N) is 1. The Bertz CT molecular complexity index is 1140. The summed E-state index contributed by atoms with van der Waals surface area (Å²) in [6.45, 7) is -0.406. The summed E-state index contributed by atoms with van der Waals surface area (Å²) in [6.07, 6.45) is 0.250. The second-order valence-electron chi connectivity index (χ2n) is 8.35. The molecule has 3 aromatic rings. The van der Waals surface area contributed by atoms with Gasteiger partial charge in [0.1, 0.15) is 24.3 Å². The minimum Gasteiger partial charge on any atom is -0.497 e. The molecule has 1 aromatic carbocycles. The average molecular weight is 472 g/mol. The number of rotatable bonds is 8. The summed E-state index contributed by atoms with van der Waals surface area (Å²) in [4.78, 5) is 27.5. The van der Waals surface area contributed by atoms with E-state index < -0.39 is 43.0 Å². The fourth-order valence-corrected chi connectivity index (χ4v) is 4.04. The molecule has 12 nitrogen and oxygen atoms in total. The first kappa shape index (κ1) is 23.8. The Morgan fingerprint density at radius 3 is 2.68 bits per heavy atom. The molecule has 1 aliphatic heterocycles. The van der Waals surface area contributed by atoms with Crippen LogP contribution in [0.2, 0.25) is 0 Å². The summed E-state index contributed by atoms with van der Waals surface area (Å²) in [6, 6.07) is 5.52. The van der Waals surface area contributed by atoms with Crippen LogP contribution in [0.1, 0.15) is 11.8 Å². The number of ether oxygens (including phenoxy) is 2. The van der Waals surface area contributed by atoms with E-state index in [-0.39, 0.29) is 0 Å². The van der Waals surface area contributed by atoms with Crippen LogP contribution >= 0.6 is 0 Å². The monoisotopic (exact) mass is 471 g/mol. The molecular formula is C22H29N7O5. The summed E-state index contributed by atoms with van der Waals surface area (Å²) in [5.41, 5.74) is 7.98. The van der Waals surface area contributed by atoms with Crippen molar-refractivity contribution >= 4 is 22.9 Å². The SMILES string of the molecule is COc1ccc(C[C@@H](N)C(=O)NC2[C@@H](CO)O[C@@H](n3cnc4c(N(C)C)ncnc43)[C@H]2O)cc1. The summed E-state index contributed by atoms with van der Waals surface area (Å²) in [5, 5.41) is 23.6. The van der Waals surface area contributed by atoms with Crippen molar-refractivity contribution in [1.29, 1.82) is 0 Å². The number of carbonyl (C=O) groups is 1. The molecule has 2 aromatic heterocycles. The number of imidazole rings is 1. The second kappa shape index (κ2) is 9.89. The molecule has 1 fully saturated rings. The maximum atomic E-state index is 12.8. The Hall–Kier alpha value is -3.32. The second-order valence-corrected chi connectivity index (χ2v) is 8.35. The zero-order chi connectivity index (χ0) is 24.4. The van der Waals surface area contributed by atoms with E-state index in [0.717, 1.165) is 5.56 Å². The third-order valence-electron chi connectivity index (χ3n) is 5.85. The van der Waals surface area contributed by atoms with Gasteiger partial charge in [-0.15, -0.1) is 0 Å². The van der Waals surface area contributed by atoms with Crippen molar-refractivity contribution in [1.82, 2.24) is 24.8 Å². The number of anilines is 1. The van der Waals surface area contributed by atoms with Gasteiger partial charge in [0, 0.05) is 14.1 Å². The number of aliphatic hydroxyl groups excluding tert-OH is 2. The first-order chi connectivity index (χ1) is 16.3. The van der Waals surface area contributed by atoms with Crippen molar-refractivity contribution in [2.45, 2.75) is 36.9 Å². The molecule has 0 aliphatic carbocycles. The average Bonchev–Trinajstić information content (AvgIpc) is 3.40. The van der Waals surface area contributed by atoms with Gasteiger partial charge < -0.3 is 35.6 Å². The normalized spacial score (nSPS) is 23.1. The van der Waals surface area contributed by atoms with Crippen molar-refractivity contribution < 1.29 is 24.5 Å². The third-order valence-corrected chi connectivity index (χ3v) is 5.85. The molecule has 5 N–H and O–H groups in total. The van der Waals surface area contributed by atoms with E-state index in [1.54, 1.807) is 28.7 Å². The van der Waals surface area contributed by atoms with E-state index >= 15 is 0 Å². The number of aromatic nitrogens is 4. The Balaban J connectivity index is 1.49. The van der Waals surface area contributed by atoms with Crippen LogP contribution in [0.3, 0.4) is 0 Å². The molecule has 0 bridgehead atoms. The summed E-state index contributed by atoms with van der Waals surface area (Å²) < 4.78 is 12.6. The summed E-state index contributed by atoms with van der Waals surface area (Å²) in [7, 11) is 5.25. The predicted molar refractivity (Wildman–Crippen MR) is 123 cm³/mol. The van der Waals surface area contributed by atoms with E-state index in [9.17, 15) is 15.0 Å². The highest BCUT2D eigenvalue weighted by Crippen LogP contribution is 2.32. The van der Waals surface area contributed by atoms with Crippen LogP contribution in [0, 0.1) is 0 Å². The lowest BCUT2D eigenvalue weighted by Gasteiger charge is -2.23. The van der Waals surface area contributed by atoms with Crippen molar-refractivity contribution in [2.24, 2.45) is 5.73 Å². The number of hydrogen-bond acceptors (Lipinski definition) is 10. The maximum absolute atomic E-state index is 12.8. The van der Waals surface area contributed by atoms with Gasteiger partial charge in [0.25, 0.3) is 0 Å². The Morgan fingerprint density at radius 1 is 1.29 bits per heavy atom. The van der Waals surface area contributed by atoms with Gasteiger partial charge in [-0.2, -0.15) is 0 Å². The minimum atomic E-state index is -1.18. The molecule has 4 rings (SSSR count). The quantitative estimate of drug-likeness (QED) is 0.328. The lowest BCUT2D eigenvalue weighted by atomic mass is 10.0. The molecule has 34 heavy (non-hydrogen) atoms. The minimum absolute atomic E-state index is 0.295. The van der Waals surface area contributed by atoms with E-state index in [4.69, 9.17) is 15.2 Å². The molecule has 0 spiro atoms. The van der Waals surface area contributed by atoms with Crippen molar-refractivity contribution in [3.05, 3.63) is 42.5 Å². The largest absolute Gasteiger partial charge is 0.497 e. The Morgan fingerprint density at radius 2 is 2.03 bits per heavy atom. The van der Waals surface area contributed by atoms with Gasteiger partial charge in [0.2, 0.25) is 5.91 Å². The number of nitrogens with two attached hydrogens (primary N) is 1. The van der Waals surface area contributed by atoms with Crippen LogP contribution in [-0.4, -0.2) is 87.7 Å². The highest BCUT2D eigenvalue weighted by atomic mass is 16.5. The maximum Gasteiger partial charge on any atom is 0.237 e. The highest BCUT2D eigenvalue weighted by molar-refractivity contribution is 5.83. The van der Waals surface area contributed by atoms with Gasteiger partial charge >= 0.3 is 0 Å². The van der Waals surface area contributed by atoms with Gasteiger partial charge in [-0.1, -0.05) is 12.1 Å². The number of methoxy groups -OCH3 is 1. The zero-order valence-electron chi connectivity index (χ0n) is 19.2. The lowest BCUT2D eigenvalue weighted by Crippen LogP contribution is -2.53. The highest BCUT2D eigenvalue weighted by Gasteiger charge is 2.46. The van der Waals surface area contributed by atoms with Crippen molar-refractivity contribution in [3.8, 4) is 5.75 Å². The first-order valence-corrected chi connectivity index (χ1v) is 10.8. The topological polar surface area (TPSA) is 161 Å². The van der Waals surface area contributed by atoms with Gasteiger partial charge in [0.15, 0.2) is 23.2 Å². The Labute approximate surface area is 196 Å². The van der Waals surface area contributed by atoms with Gasteiger partial charge in [-0.3, -0.25) is 9.36 Å². The molecule has 1 aliphatic rings. The number of hydrogen-bond donors (Lipinski definition) is 4. The fourth-order valence-electron chi connectivity index (χ4n) is 4.04. The van der Waals surface area contributed by atoms with Crippen LogP contribution in [0.15, 0.2) is 36.9 Å². The molecule has 1 amide bonds. The van der Waals surface area contributed by atoms with Crippen LogP contribution in [0.4, 0.5) is 5.82 Å². The number of fused-ring (bicyclic) bond motifs is 1. The summed E-state index contributed by atoms with van der Waals surface area (Å²) in [5.74, 6) is 0.861. The standard InChI is InChI=1S/C22H29N7O5/c1-28(2)19-17-20(25-10-24-19)29(11-26-17)22-18(31)16(15(9-30)34-22)27-21(32)14(23)8-12-4-6-13(33-3)7-5-12/h4-7,10-11,14-16,18,22,30-31H,8-9,23H2,1-3H3,(H,27,32)/t14-,15-,16?,18+,22-/m1/s1. The van der Waals surface area contributed by atoms with E-state index in [1.165, 1.54) is 12.7 Å².